The fraction of sp³-hybridized carbons (Fsp3) is 0.700. The zero-order valence-electron chi connectivity index (χ0n) is 15.9. The number of fused-ring (bicyclic) bond motifs is 1. The summed E-state index contributed by atoms with van der Waals surface area (Å²) in [6, 6.07) is 2.48. The predicted molar refractivity (Wildman–Crippen MR) is 107 cm³/mol. The highest BCUT2D eigenvalue weighted by molar-refractivity contribution is 7.99. The molecule has 1 aromatic rings. The number of aromatic nitrogens is 1. The molecule has 4 rings (SSSR count). The van der Waals surface area contributed by atoms with Crippen molar-refractivity contribution in [3.63, 3.8) is 0 Å². The van der Waals surface area contributed by atoms with Crippen LogP contribution in [0.15, 0.2) is 5.03 Å². The van der Waals surface area contributed by atoms with Gasteiger partial charge in [-0.05, 0) is 36.8 Å². The van der Waals surface area contributed by atoms with Crippen molar-refractivity contribution in [3.05, 3.63) is 16.7 Å². The lowest BCUT2D eigenvalue weighted by Gasteiger charge is -2.32. The summed E-state index contributed by atoms with van der Waals surface area (Å²) >= 11 is 1.74. The third-order valence-electron chi connectivity index (χ3n) is 5.63. The molecule has 0 spiro atoms. The van der Waals surface area contributed by atoms with E-state index in [-0.39, 0.29) is 0 Å². The molecule has 27 heavy (non-hydrogen) atoms. The molecule has 0 aromatic carbocycles. The van der Waals surface area contributed by atoms with Gasteiger partial charge in [-0.2, -0.15) is 5.26 Å². The van der Waals surface area contributed by atoms with E-state index in [1.807, 2.05) is 0 Å². The fourth-order valence-electron chi connectivity index (χ4n) is 4.13. The molecule has 0 N–H and O–H groups in total. The molecule has 0 unspecified atom stereocenters. The lowest BCUT2D eigenvalue weighted by atomic mass is 9.89. The average molecular weight is 389 g/mol. The Morgan fingerprint density at radius 1 is 0.963 bits per heavy atom. The Morgan fingerprint density at radius 2 is 1.63 bits per heavy atom. The monoisotopic (exact) mass is 388 g/mol. The van der Waals surface area contributed by atoms with Gasteiger partial charge in [0, 0.05) is 38.5 Å². The Hall–Kier alpha value is -1.33. The summed E-state index contributed by atoms with van der Waals surface area (Å²) in [5.74, 6) is 2.07. The van der Waals surface area contributed by atoms with Gasteiger partial charge in [0.15, 0.2) is 0 Å². The molecule has 0 radical (unpaired) electrons. The van der Waals surface area contributed by atoms with Gasteiger partial charge in [-0.1, -0.05) is 0 Å². The molecule has 7 heteroatoms. The number of morpholine rings is 2. The number of nitriles is 1. The number of anilines is 1. The molecule has 0 bridgehead atoms. The number of hydrogen-bond donors (Lipinski definition) is 0. The van der Waals surface area contributed by atoms with Crippen molar-refractivity contribution in [2.24, 2.45) is 0 Å². The highest BCUT2D eigenvalue weighted by Crippen LogP contribution is 2.36. The minimum atomic E-state index is 0.760. The van der Waals surface area contributed by atoms with Crippen LogP contribution < -0.4 is 4.90 Å². The topological polar surface area (TPSA) is 61.6 Å². The Bertz CT molecular complexity index is 694. The Labute approximate surface area is 165 Å². The van der Waals surface area contributed by atoms with E-state index in [2.05, 4.69) is 15.9 Å². The molecule has 6 nitrogen and oxygen atoms in total. The van der Waals surface area contributed by atoms with Gasteiger partial charge in [-0.25, -0.2) is 4.98 Å². The largest absolute Gasteiger partial charge is 0.379 e. The van der Waals surface area contributed by atoms with E-state index in [4.69, 9.17) is 14.5 Å². The lowest BCUT2D eigenvalue weighted by Crippen LogP contribution is -2.38. The second kappa shape index (κ2) is 9.24. The Morgan fingerprint density at radius 3 is 2.33 bits per heavy atom. The maximum Gasteiger partial charge on any atom is 0.133 e. The van der Waals surface area contributed by atoms with Crippen molar-refractivity contribution in [3.8, 4) is 6.07 Å². The zero-order chi connectivity index (χ0) is 18.5. The first-order valence-corrected chi connectivity index (χ1v) is 11.1. The van der Waals surface area contributed by atoms with Crippen molar-refractivity contribution >= 4 is 17.6 Å². The van der Waals surface area contributed by atoms with Crippen molar-refractivity contribution in [2.45, 2.75) is 30.7 Å². The van der Waals surface area contributed by atoms with E-state index in [1.165, 1.54) is 24.0 Å². The van der Waals surface area contributed by atoms with Gasteiger partial charge in [0.1, 0.15) is 16.9 Å². The van der Waals surface area contributed by atoms with E-state index in [0.29, 0.717) is 0 Å². The standard InChI is InChI=1S/C20H28N4O2S/c21-15-18-16-3-1-2-4-17(16)19(24-7-12-26-13-8-24)22-20(18)27-14-9-23-5-10-25-11-6-23/h1-14H2. The number of pyridine rings is 1. The summed E-state index contributed by atoms with van der Waals surface area (Å²) in [4.78, 5) is 9.83. The lowest BCUT2D eigenvalue weighted by molar-refractivity contribution is 0.0410. The number of hydrogen-bond acceptors (Lipinski definition) is 7. The maximum atomic E-state index is 9.86. The summed E-state index contributed by atoms with van der Waals surface area (Å²) in [6.45, 7) is 7.98. The van der Waals surface area contributed by atoms with Crippen molar-refractivity contribution in [1.82, 2.24) is 9.88 Å². The molecule has 3 aliphatic rings. The molecule has 1 aromatic heterocycles. The van der Waals surface area contributed by atoms with Crippen LogP contribution in [0.25, 0.3) is 0 Å². The first-order valence-electron chi connectivity index (χ1n) is 10.1. The molecule has 2 aliphatic heterocycles. The summed E-state index contributed by atoms with van der Waals surface area (Å²) < 4.78 is 11.0. The second-order valence-electron chi connectivity index (χ2n) is 7.29. The number of thioether (sulfide) groups is 1. The van der Waals surface area contributed by atoms with E-state index < -0.39 is 0 Å². The highest BCUT2D eigenvalue weighted by atomic mass is 32.2. The summed E-state index contributed by atoms with van der Waals surface area (Å²) in [6.07, 6.45) is 4.42. The number of rotatable bonds is 5. The quantitative estimate of drug-likeness (QED) is 0.716. The maximum absolute atomic E-state index is 9.86. The molecule has 2 fully saturated rings. The Balaban J connectivity index is 1.56. The van der Waals surface area contributed by atoms with Gasteiger partial charge >= 0.3 is 0 Å². The van der Waals surface area contributed by atoms with Gasteiger partial charge in [-0.3, -0.25) is 4.90 Å². The van der Waals surface area contributed by atoms with Gasteiger partial charge in [-0.15, -0.1) is 11.8 Å². The van der Waals surface area contributed by atoms with Gasteiger partial charge in [0.2, 0.25) is 0 Å². The third kappa shape index (κ3) is 4.40. The molecule has 0 atom stereocenters. The zero-order valence-corrected chi connectivity index (χ0v) is 16.7. The minimum absolute atomic E-state index is 0.760. The van der Waals surface area contributed by atoms with Gasteiger partial charge in [0.25, 0.3) is 0 Å². The van der Waals surface area contributed by atoms with Crippen LogP contribution in [-0.2, 0) is 22.3 Å². The van der Waals surface area contributed by atoms with Crippen molar-refractivity contribution in [1.29, 1.82) is 5.26 Å². The van der Waals surface area contributed by atoms with Crippen LogP contribution >= 0.6 is 11.8 Å². The van der Waals surface area contributed by atoms with Crippen LogP contribution in [0.3, 0.4) is 0 Å². The predicted octanol–water partition coefficient (Wildman–Crippen LogP) is 2.09. The first-order chi connectivity index (χ1) is 13.4. The van der Waals surface area contributed by atoms with Crippen LogP contribution in [-0.4, -0.2) is 74.8 Å². The van der Waals surface area contributed by atoms with Crippen LogP contribution in [0.4, 0.5) is 5.82 Å². The summed E-state index contributed by atoms with van der Waals surface area (Å²) in [5.41, 5.74) is 3.40. The Kier molecular flexibility index (Phi) is 6.51. The fourth-order valence-corrected chi connectivity index (χ4v) is 5.14. The van der Waals surface area contributed by atoms with Gasteiger partial charge < -0.3 is 14.4 Å². The van der Waals surface area contributed by atoms with E-state index in [1.54, 1.807) is 11.8 Å². The van der Waals surface area contributed by atoms with Gasteiger partial charge in [0.05, 0.1) is 32.0 Å². The van der Waals surface area contributed by atoms with E-state index in [9.17, 15) is 5.26 Å². The highest BCUT2D eigenvalue weighted by Gasteiger charge is 2.26. The van der Waals surface area contributed by atoms with Crippen molar-refractivity contribution in [2.75, 3.05) is 69.8 Å². The molecule has 146 valence electrons. The molecule has 2 saturated heterocycles. The van der Waals surface area contributed by atoms with Crippen LogP contribution in [0.5, 0.6) is 0 Å². The smallest absolute Gasteiger partial charge is 0.133 e. The first kappa shape index (κ1) is 19.0. The van der Waals surface area contributed by atoms with Crippen LogP contribution in [0.1, 0.15) is 29.5 Å². The molecule has 1 aliphatic carbocycles. The molecular weight excluding hydrogens is 360 g/mol. The normalized spacial score (nSPS) is 20.9. The molecule has 0 amide bonds. The van der Waals surface area contributed by atoms with Crippen LogP contribution in [0, 0.1) is 11.3 Å². The molecular formula is C20H28N4O2S. The number of ether oxygens (including phenoxy) is 2. The third-order valence-corrected chi connectivity index (χ3v) is 6.59. The second-order valence-corrected chi connectivity index (χ2v) is 8.38. The summed E-state index contributed by atoms with van der Waals surface area (Å²) in [5, 5.41) is 10.8. The SMILES string of the molecule is N#Cc1c(SCCN2CCOCC2)nc(N2CCOCC2)c2c1CCCC2. The van der Waals surface area contributed by atoms with E-state index >= 15 is 0 Å². The molecule has 3 heterocycles. The van der Waals surface area contributed by atoms with Crippen LogP contribution in [0.2, 0.25) is 0 Å². The number of nitrogens with zero attached hydrogens (tertiary/aromatic N) is 4. The molecule has 0 saturated carbocycles. The van der Waals surface area contributed by atoms with E-state index in [0.717, 1.165) is 94.2 Å². The summed E-state index contributed by atoms with van der Waals surface area (Å²) in [7, 11) is 0. The van der Waals surface area contributed by atoms with Crippen molar-refractivity contribution < 1.29 is 9.47 Å². The average Bonchev–Trinajstić information content (AvgIpc) is 2.74. The minimum Gasteiger partial charge on any atom is -0.379 e.